The molecule has 0 fully saturated rings. The van der Waals surface area contributed by atoms with Gasteiger partial charge in [-0.2, -0.15) is 5.10 Å². The number of ether oxygens (including phenoxy) is 2. The molecule has 2 heterocycles. The number of amides is 1. The molecule has 0 spiro atoms. The lowest BCUT2D eigenvalue weighted by Crippen LogP contribution is -2.24. The van der Waals surface area contributed by atoms with E-state index in [9.17, 15) is 13.6 Å². The number of benzene rings is 2. The van der Waals surface area contributed by atoms with Crippen LogP contribution in [0.3, 0.4) is 0 Å². The predicted octanol–water partition coefficient (Wildman–Crippen LogP) is 4.20. The summed E-state index contributed by atoms with van der Waals surface area (Å²) in [4.78, 5) is 12.4. The molecule has 1 amide bonds. The largest absolute Gasteiger partial charge is 0.493 e. The highest BCUT2D eigenvalue weighted by molar-refractivity contribution is 5.94. The lowest BCUT2D eigenvalue weighted by atomic mass is 9.87. The van der Waals surface area contributed by atoms with Crippen molar-refractivity contribution in [2.75, 3.05) is 19.0 Å². The van der Waals surface area contributed by atoms with E-state index in [0.29, 0.717) is 23.9 Å². The molecule has 0 saturated heterocycles. The van der Waals surface area contributed by atoms with Crippen LogP contribution < -0.4 is 14.8 Å². The highest BCUT2D eigenvalue weighted by Crippen LogP contribution is 2.41. The van der Waals surface area contributed by atoms with E-state index in [0.717, 1.165) is 23.3 Å². The van der Waals surface area contributed by atoms with E-state index in [1.54, 1.807) is 24.4 Å². The lowest BCUT2D eigenvalue weighted by Gasteiger charge is -2.24. The number of hydrogen-bond acceptors (Lipinski definition) is 4. The number of anilines is 1. The Balaban J connectivity index is 1.75. The van der Waals surface area contributed by atoms with Gasteiger partial charge in [-0.25, -0.2) is 13.5 Å². The topological polar surface area (TPSA) is 65.4 Å². The Morgan fingerprint density at radius 2 is 2.10 bits per heavy atom. The molecular formula is C22H19F2N3O3. The number of nitrogens with zero attached hydrogens (tertiary/aromatic N) is 2. The molecule has 30 heavy (non-hydrogen) atoms. The van der Waals surface area contributed by atoms with Gasteiger partial charge in [-0.3, -0.25) is 4.79 Å². The zero-order chi connectivity index (χ0) is 21.3. The molecule has 1 unspecified atom stereocenters. The van der Waals surface area contributed by atoms with Crippen LogP contribution in [-0.2, 0) is 4.79 Å². The van der Waals surface area contributed by atoms with Crippen LogP contribution in [0.5, 0.6) is 11.5 Å². The molecule has 6 nitrogen and oxygen atoms in total. The van der Waals surface area contributed by atoms with Crippen LogP contribution in [0.2, 0.25) is 0 Å². The number of rotatable bonds is 6. The monoisotopic (exact) mass is 411 g/mol. The molecule has 1 atom stereocenters. The predicted molar refractivity (Wildman–Crippen MR) is 107 cm³/mol. The van der Waals surface area contributed by atoms with Gasteiger partial charge < -0.3 is 14.8 Å². The first-order valence-electron chi connectivity index (χ1n) is 9.26. The van der Waals surface area contributed by atoms with Crippen LogP contribution in [0.15, 0.2) is 55.3 Å². The van der Waals surface area contributed by atoms with Crippen molar-refractivity contribution in [1.82, 2.24) is 9.78 Å². The van der Waals surface area contributed by atoms with Crippen molar-refractivity contribution < 1.29 is 23.0 Å². The van der Waals surface area contributed by atoms with Gasteiger partial charge in [0.15, 0.2) is 17.3 Å². The molecule has 0 bridgehead atoms. The number of aromatic nitrogens is 2. The summed E-state index contributed by atoms with van der Waals surface area (Å²) in [6, 6.07) is 8.63. The summed E-state index contributed by atoms with van der Waals surface area (Å²) >= 11 is 0. The fourth-order valence-corrected chi connectivity index (χ4v) is 3.52. The van der Waals surface area contributed by atoms with Crippen molar-refractivity contribution in [3.63, 3.8) is 0 Å². The maximum atomic E-state index is 14.3. The molecule has 3 aromatic rings. The summed E-state index contributed by atoms with van der Waals surface area (Å²) in [7, 11) is 1.54. The van der Waals surface area contributed by atoms with E-state index < -0.39 is 11.6 Å². The Labute approximate surface area is 171 Å². The van der Waals surface area contributed by atoms with Gasteiger partial charge >= 0.3 is 0 Å². The van der Waals surface area contributed by atoms with Crippen LogP contribution in [0.25, 0.3) is 5.69 Å². The van der Waals surface area contributed by atoms with Gasteiger partial charge in [-0.05, 0) is 29.8 Å². The molecule has 0 radical (unpaired) electrons. The van der Waals surface area contributed by atoms with E-state index in [2.05, 4.69) is 17.0 Å². The van der Waals surface area contributed by atoms with Crippen LogP contribution in [0, 0.1) is 11.6 Å². The number of fused-ring (bicyclic) bond motifs is 1. The molecule has 1 N–H and O–H groups in total. The molecule has 0 saturated carbocycles. The maximum absolute atomic E-state index is 14.3. The van der Waals surface area contributed by atoms with Gasteiger partial charge in [0.2, 0.25) is 5.91 Å². The third kappa shape index (κ3) is 3.52. The standard InChI is InChI=1S/C22H19F2N3O3/c1-3-8-30-19-7-4-13(9-20(19)29-2)15-11-21(28)26-22-16(15)12-25-27(22)18-6-5-14(23)10-17(18)24/h3-7,9-10,12,15H,1,8,11H2,2H3,(H,26,28). The van der Waals surface area contributed by atoms with E-state index in [-0.39, 0.29) is 23.9 Å². The smallest absolute Gasteiger partial charge is 0.226 e. The quantitative estimate of drug-likeness (QED) is 0.618. The second kappa shape index (κ2) is 7.98. The Bertz CT molecular complexity index is 1130. The average Bonchev–Trinajstić information content (AvgIpc) is 3.15. The first-order valence-corrected chi connectivity index (χ1v) is 9.26. The van der Waals surface area contributed by atoms with Crippen molar-refractivity contribution in [2.45, 2.75) is 12.3 Å². The number of nitrogens with one attached hydrogen (secondary N) is 1. The summed E-state index contributed by atoms with van der Waals surface area (Å²) in [5.41, 5.74) is 1.59. The molecular weight excluding hydrogens is 392 g/mol. The SMILES string of the molecule is C=CCOc1ccc(C2CC(=O)Nc3c2cnn3-c2ccc(F)cc2F)cc1OC. The van der Waals surface area contributed by atoms with Gasteiger partial charge in [-0.1, -0.05) is 18.7 Å². The van der Waals surface area contributed by atoms with Gasteiger partial charge in [-0.15, -0.1) is 0 Å². The van der Waals surface area contributed by atoms with E-state index in [4.69, 9.17) is 9.47 Å². The minimum Gasteiger partial charge on any atom is -0.493 e. The van der Waals surface area contributed by atoms with Crippen LogP contribution in [0.4, 0.5) is 14.6 Å². The van der Waals surface area contributed by atoms with Gasteiger partial charge in [0.25, 0.3) is 0 Å². The van der Waals surface area contributed by atoms with Crippen molar-refractivity contribution in [3.05, 3.63) is 78.0 Å². The summed E-state index contributed by atoms with van der Waals surface area (Å²) in [6.07, 6.45) is 3.41. The molecule has 2 aromatic carbocycles. The summed E-state index contributed by atoms with van der Waals surface area (Å²) in [5, 5.41) is 6.99. The van der Waals surface area contributed by atoms with E-state index in [1.807, 2.05) is 6.07 Å². The molecule has 0 aliphatic carbocycles. The van der Waals surface area contributed by atoms with Crippen molar-refractivity contribution in [3.8, 4) is 17.2 Å². The third-order valence-electron chi connectivity index (χ3n) is 4.90. The third-order valence-corrected chi connectivity index (χ3v) is 4.90. The number of carbonyl (C=O) groups excluding carboxylic acids is 1. The van der Waals surface area contributed by atoms with Crippen molar-refractivity contribution in [2.24, 2.45) is 0 Å². The number of hydrogen-bond donors (Lipinski definition) is 1. The van der Waals surface area contributed by atoms with Gasteiger partial charge in [0.1, 0.15) is 23.9 Å². The molecule has 154 valence electrons. The van der Waals surface area contributed by atoms with Crippen LogP contribution in [0.1, 0.15) is 23.5 Å². The Hall–Kier alpha value is -3.68. The first-order chi connectivity index (χ1) is 14.5. The van der Waals surface area contributed by atoms with E-state index in [1.165, 1.54) is 17.9 Å². The maximum Gasteiger partial charge on any atom is 0.226 e. The lowest BCUT2D eigenvalue weighted by molar-refractivity contribution is -0.116. The number of halogens is 2. The Kier molecular flexibility index (Phi) is 5.22. The fraction of sp³-hybridized carbons (Fsp3) is 0.182. The first kappa shape index (κ1) is 19.6. The normalized spacial score (nSPS) is 15.3. The minimum atomic E-state index is -0.775. The molecule has 1 aliphatic heterocycles. The average molecular weight is 411 g/mol. The summed E-state index contributed by atoms with van der Waals surface area (Å²) in [5.74, 6) is -0.568. The zero-order valence-electron chi connectivity index (χ0n) is 16.2. The minimum absolute atomic E-state index is 0.0457. The number of methoxy groups -OCH3 is 1. The van der Waals surface area contributed by atoms with E-state index >= 15 is 0 Å². The van der Waals surface area contributed by atoms with Gasteiger partial charge in [0, 0.05) is 24.0 Å². The molecule has 4 rings (SSSR count). The number of carbonyl (C=O) groups is 1. The van der Waals surface area contributed by atoms with Crippen molar-refractivity contribution in [1.29, 1.82) is 0 Å². The van der Waals surface area contributed by atoms with Crippen LogP contribution >= 0.6 is 0 Å². The Morgan fingerprint density at radius 3 is 2.83 bits per heavy atom. The Morgan fingerprint density at radius 1 is 1.27 bits per heavy atom. The fourth-order valence-electron chi connectivity index (χ4n) is 3.52. The van der Waals surface area contributed by atoms with Gasteiger partial charge in [0.05, 0.1) is 13.3 Å². The zero-order valence-corrected chi connectivity index (χ0v) is 16.2. The summed E-state index contributed by atoms with van der Waals surface area (Å²) < 4.78 is 39.9. The molecule has 8 heteroatoms. The summed E-state index contributed by atoms with van der Waals surface area (Å²) in [6.45, 7) is 3.96. The highest BCUT2D eigenvalue weighted by atomic mass is 19.1. The van der Waals surface area contributed by atoms with Crippen LogP contribution in [-0.4, -0.2) is 29.4 Å². The highest BCUT2D eigenvalue weighted by Gasteiger charge is 2.31. The second-order valence-corrected chi connectivity index (χ2v) is 6.77. The van der Waals surface area contributed by atoms with Crippen molar-refractivity contribution >= 4 is 11.7 Å². The second-order valence-electron chi connectivity index (χ2n) is 6.77. The molecule has 1 aromatic heterocycles. The molecule has 1 aliphatic rings.